The third kappa shape index (κ3) is 4.72. The summed E-state index contributed by atoms with van der Waals surface area (Å²) in [6, 6.07) is 7.69. The normalized spacial score (nSPS) is 18.6. The van der Waals surface area contributed by atoms with E-state index in [2.05, 4.69) is 0 Å². The first kappa shape index (κ1) is 15.7. The van der Waals surface area contributed by atoms with Crippen molar-refractivity contribution in [1.29, 1.82) is 0 Å². The van der Waals surface area contributed by atoms with Gasteiger partial charge < -0.3 is 4.90 Å². The Kier molecular flexibility index (Phi) is 5.81. The highest BCUT2D eigenvalue weighted by atomic mass is 35.5. The van der Waals surface area contributed by atoms with E-state index in [1.807, 2.05) is 29.2 Å². The van der Waals surface area contributed by atoms with Crippen LogP contribution in [0.4, 0.5) is 0 Å². The Morgan fingerprint density at radius 2 is 2.10 bits per heavy atom. The van der Waals surface area contributed by atoms with Crippen molar-refractivity contribution in [3.63, 3.8) is 0 Å². The highest BCUT2D eigenvalue weighted by molar-refractivity contribution is 8.14. The third-order valence-electron chi connectivity index (χ3n) is 2.96. The molecule has 1 saturated heterocycles. The van der Waals surface area contributed by atoms with Crippen molar-refractivity contribution < 1.29 is 9.59 Å². The van der Waals surface area contributed by atoms with Crippen LogP contribution >= 0.6 is 35.1 Å². The van der Waals surface area contributed by atoms with Gasteiger partial charge in [-0.25, -0.2) is 0 Å². The van der Waals surface area contributed by atoms with Crippen LogP contribution in [-0.4, -0.2) is 40.0 Å². The summed E-state index contributed by atoms with van der Waals surface area (Å²) >= 11 is 8.82. The lowest BCUT2D eigenvalue weighted by molar-refractivity contribution is -0.127. The molecule has 1 unspecified atom stereocenters. The van der Waals surface area contributed by atoms with Crippen molar-refractivity contribution in [2.75, 3.05) is 18.8 Å². The van der Waals surface area contributed by atoms with Crippen LogP contribution in [-0.2, 0) is 9.59 Å². The van der Waals surface area contributed by atoms with E-state index in [1.54, 1.807) is 18.7 Å². The van der Waals surface area contributed by atoms with Gasteiger partial charge in [0, 0.05) is 47.4 Å². The van der Waals surface area contributed by atoms with Crippen LogP contribution in [0.5, 0.6) is 0 Å². The summed E-state index contributed by atoms with van der Waals surface area (Å²) in [6.45, 7) is 2.96. The number of hydrogen-bond donors (Lipinski definition) is 0. The molecule has 1 amide bonds. The SMILES string of the molecule is CC(=O)SC1CC(=O)N(CCSc2ccc(Cl)cc2)C1. The van der Waals surface area contributed by atoms with Gasteiger partial charge in [0.1, 0.15) is 0 Å². The number of benzene rings is 1. The number of rotatable bonds is 5. The number of carbonyl (C=O) groups excluding carboxylic acids is 2. The molecular weight excluding hydrogens is 314 g/mol. The maximum Gasteiger partial charge on any atom is 0.223 e. The van der Waals surface area contributed by atoms with E-state index in [4.69, 9.17) is 11.6 Å². The molecule has 1 heterocycles. The molecule has 3 nitrogen and oxygen atoms in total. The predicted molar refractivity (Wildman–Crippen MR) is 85.4 cm³/mol. The second-order valence-corrected chi connectivity index (χ2v) is 7.66. The molecule has 0 aromatic heterocycles. The van der Waals surface area contributed by atoms with Crippen molar-refractivity contribution in [1.82, 2.24) is 4.90 Å². The smallest absolute Gasteiger partial charge is 0.223 e. The van der Waals surface area contributed by atoms with E-state index in [0.29, 0.717) is 13.0 Å². The van der Waals surface area contributed by atoms with E-state index < -0.39 is 0 Å². The summed E-state index contributed by atoms with van der Waals surface area (Å²) in [5.41, 5.74) is 0. The molecule has 1 aliphatic rings. The molecule has 1 atom stereocenters. The lowest BCUT2D eigenvalue weighted by Gasteiger charge is -2.15. The summed E-state index contributed by atoms with van der Waals surface area (Å²) < 4.78 is 0. The van der Waals surface area contributed by atoms with Crippen LogP contribution in [0, 0.1) is 0 Å². The van der Waals surface area contributed by atoms with E-state index in [-0.39, 0.29) is 16.3 Å². The zero-order chi connectivity index (χ0) is 14.5. The monoisotopic (exact) mass is 329 g/mol. The quantitative estimate of drug-likeness (QED) is 0.777. The Labute approximate surface area is 132 Å². The minimum Gasteiger partial charge on any atom is -0.341 e. The fourth-order valence-corrected chi connectivity index (χ4v) is 4.02. The van der Waals surface area contributed by atoms with Crippen molar-refractivity contribution in [3.8, 4) is 0 Å². The first-order chi connectivity index (χ1) is 9.54. The summed E-state index contributed by atoms with van der Waals surface area (Å²) in [5, 5.41) is 0.939. The van der Waals surface area contributed by atoms with Crippen molar-refractivity contribution in [2.24, 2.45) is 0 Å². The summed E-state index contributed by atoms with van der Waals surface area (Å²) in [7, 11) is 0. The Morgan fingerprint density at radius 3 is 2.75 bits per heavy atom. The molecule has 0 N–H and O–H groups in total. The number of nitrogens with zero attached hydrogens (tertiary/aromatic N) is 1. The average Bonchev–Trinajstić information content (AvgIpc) is 2.71. The molecule has 1 aromatic carbocycles. The molecular formula is C14H16ClNO2S2. The highest BCUT2D eigenvalue weighted by Crippen LogP contribution is 2.25. The number of thioether (sulfide) groups is 2. The predicted octanol–water partition coefficient (Wildman–Crippen LogP) is 3.31. The average molecular weight is 330 g/mol. The molecule has 2 rings (SSSR count). The van der Waals surface area contributed by atoms with Gasteiger partial charge in [0.15, 0.2) is 5.12 Å². The zero-order valence-corrected chi connectivity index (χ0v) is 13.6. The molecule has 0 bridgehead atoms. The molecule has 1 fully saturated rings. The maximum absolute atomic E-state index is 11.8. The Bertz CT molecular complexity index is 492. The lowest BCUT2D eigenvalue weighted by Crippen LogP contribution is -2.28. The molecule has 108 valence electrons. The van der Waals surface area contributed by atoms with Crippen molar-refractivity contribution in [2.45, 2.75) is 23.5 Å². The van der Waals surface area contributed by atoms with Gasteiger partial charge in [0.2, 0.25) is 5.91 Å². The molecule has 6 heteroatoms. The van der Waals surface area contributed by atoms with Crippen LogP contribution in [0.3, 0.4) is 0 Å². The number of likely N-dealkylation sites (tertiary alicyclic amines) is 1. The number of amides is 1. The van der Waals surface area contributed by atoms with Crippen molar-refractivity contribution >= 4 is 46.1 Å². The largest absolute Gasteiger partial charge is 0.341 e. The van der Waals surface area contributed by atoms with Crippen LogP contribution in [0.2, 0.25) is 5.02 Å². The van der Waals surface area contributed by atoms with Gasteiger partial charge in [-0.3, -0.25) is 9.59 Å². The summed E-state index contributed by atoms with van der Waals surface area (Å²) in [4.78, 5) is 25.9. The molecule has 20 heavy (non-hydrogen) atoms. The summed E-state index contributed by atoms with van der Waals surface area (Å²) in [5.74, 6) is 1.01. The van der Waals surface area contributed by atoms with E-state index in [9.17, 15) is 9.59 Å². The number of carbonyl (C=O) groups is 2. The first-order valence-corrected chi connectivity index (χ1v) is 8.62. The Balaban J connectivity index is 1.75. The lowest BCUT2D eigenvalue weighted by atomic mass is 10.4. The summed E-state index contributed by atoms with van der Waals surface area (Å²) in [6.07, 6.45) is 0.482. The first-order valence-electron chi connectivity index (χ1n) is 6.38. The number of halogens is 1. The van der Waals surface area contributed by atoms with Crippen LogP contribution in [0.15, 0.2) is 29.2 Å². The number of hydrogen-bond acceptors (Lipinski definition) is 4. The van der Waals surface area contributed by atoms with Crippen LogP contribution in [0.25, 0.3) is 0 Å². The zero-order valence-electron chi connectivity index (χ0n) is 11.2. The van der Waals surface area contributed by atoms with Gasteiger partial charge in [-0.15, -0.1) is 11.8 Å². The highest BCUT2D eigenvalue weighted by Gasteiger charge is 2.30. The van der Waals surface area contributed by atoms with Gasteiger partial charge in [-0.05, 0) is 24.3 Å². The van der Waals surface area contributed by atoms with Crippen LogP contribution in [0.1, 0.15) is 13.3 Å². The standard InChI is InChI=1S/C14H16ClNO2S2/c1-10(17)20-13-8-14(18)16(9-13)6-7-19-12-4-2-11(15)3-5-12/h2-5,13H,6-9H2,1H3. The fraction of sp³-hybridized carbons (Fsp3) is 0.429. The third-order valence-corrected chi connectivity index (χ3v) is 5.18. The van der Waals surface area contributed by atoms with E-state index in [0.717, 1.165) is 22.2 Å². The molecule has 0 saturated carbocycles. The molecule has 1 aliphatic heterocycles. The van der Waals surface area contributed by atoms with Crippen molar-refractivity contribution in [3.05, 3.63) is 29.3 Å². The van der Waals surface area contributed by atoms with Gasteiger partial charge in [-0.2, -0.15) is 0 Å². The molecule has 0 spiro atoms. The van der Waals surface area contributed by atoms with Gasteiger partial charge in [0.05, 0.1) is 0 Å². The van der Waals surface area contributed by atoms with Gasteiger partial charge in [0.25, 0.3) is 0 Å². The Morgan fingerprint density at radius 1 is 1.40 bits per heavy atom. The fourth-order valence-electron chi connectivity index (χ4n) is 2.07. The van der Waals surface area contributed by atoms with Crippen LogP contribution < -0.4 is 0 Å². The maximum atomic E-state index is 11.8. The van der Waals surface area contributed by atoms with E-state index in [1.165, 1.54) is 11.8 Å². The topological polar surface area (TPSA) is 37.4 Å². The molecule has 0 radical (unpaired) electrons. The van der Waals surface area contributed by atoms with E-state index >= 15 is 0 Å². The Hall–Kier alpha value is -0.650. The second kappa shape index (κ2) is 7.38. The second-order valence-electron chi connectivity index (χ2n) is 4.58. The van der Waals surface area contributed by atoms with Gasteiger partial charge in [-0.1, -0.05) is 23.4 Å². The minimum absolute atomic E-state index is 0.0835. The molecule has 1 aromatic rings. The van der Waals surface area contributed by atoms with Gasteiger partial charge >= 0.3 is 0 Å². The molecule has 0 aliphatic carbocycles. The minimum atomic E-state index is 0.0835.